The Labute approximate surface area is 378 Å². The number of carbonyl (C=O) groups is 4. The third kappa shape index (κ3) is 8.64. The fourth-order valence-corrected chi connectivity index (χ4v) is 10.7. The number of thiazole rings is 1. The number of fused-ring (bicyclic) bond motifs is 6. The highest BCUT2D eigenvalue weighted by molar-refractivity contribution is 7.10. The van der Waals surface area contributed by atoms with Crippen LogP contribution in [-0.2, 0) is 48.0 Å². The first-order valence-electron chi connectivity index (χ1n) is 22.4. The molecule has 1 aromatic carbocycles. The Morgan fingerprint density at radius 1 is 1.12 bits per heavy atom. The molecule has 17 heteroatoms. The number of ether oxygens (including phenoxy) is 3. The number of carbonyl (C=O) groups excluding carboxylic acids is 4. The third-order valence-corrected chi connectivity index (χ3v) is 14.3. The molecule has 3 N–H and O–H groups in total. The normalized spacial score (nSPS) is 23.1. The zero-order valence-electron chi connectivity index (χ0n) is 38.2. The number of cyclic esters (lactones) is 1. The lowest BCUT2D eigenvalue weighted by molar-refractivity contribution is -0.189. The van der Waals surface area contributed by atoms with Crippen LogP contribution in [0, 0.1) is 16.7 Å². The van der Waals surface area contributed by atoms with Gasteiger partial charge in [0.2, 0.25) is 11.6 Å². The van der Waals surface area contributed by atoms with Crippen LogP contribution >= 0.6 is 11.3 Å². The summed E-state index contributed by atoms with van der Waals surface area (Å²) in [6.45, 7) is 15.1. The van der Waals surface area contributed by atoms with Gasteiger partial charge in [0.15, 0.2) is 0 Å². The molecule has 0 saturated carbocycles. The van der Waals surface area contributed by atoms with Gasteiger partial charge in [-0.25, -0.2) is 14.6 Å². The number of urea groups is 1. The second-order valence-electron chi connectivity index (χ2n) is 19.2. The molecule has 8 rings (SSSR count). The number of methoxy groups -OCH3 is 1. The minimum absolute atomic E-state index is 0.00747. The minimum Gasteiger partial charge on any atom is -0.462 e. The molecule has 4 aliphatic rings. The smallest absolute Gasteiger partial charge is 0.355 e. The van der Waals surface area contributed by atoms with Crippen LogP contribution in [0.2, 0.25) is 0 Å². The van der Waals surface area contributed by atoms with E-state index in [0.717, 1.165) is 51.1 Å². The third-order valence-electron chi connectivity index (χ3n) is 13.4. The summed E-state index contributed by atoms with van der Waals surface area (Å²) < 4.78 is 19.5. The highest BCUT2D eigenvalue weighted by Gasteiger charge is 2.48. The number of hydrogen-bond acceptors (Lipinski definition) is 12. The number of amides is 4. The van der Waals surface area contributed by atoms with Gasteiger partial charge in [-0.2, -0.15) is 5.43 Å². The quantitative estimate of drug-likeness (QED) is 0.195. The van der Waals surface area contributed by atoms with Gasteiger partial charge >= 0.3 is 12.0 Å². The molecule has 7 heterocycles. The van der Waals surface area contributed by atoms with Gasteiger partial charge in [-0.15, -0.1) is 11.3 Å². The topological polar surface area (TPSA) is 181 Å². The van der Waals surface area contributed by atoms with E-state index in [2.05, 4.69) is 46.5 Å². The van der Waals surface area contributed by atoms with Gasteiger partial charge in [0.25, 0.3) is 5.91 Å². The van der Waals surface area contributed by atoms with Crippen molar-refractivity contribution in [2.24, 2.45) is 16.7 Å². The second kappa shape index (κ2) is 17.8. The fraction of sp³-hybridized carbons (Fsp3) is 0.574. The SMILES string of the molecule is CCn1c(-c2cccnc2[C@H](C)OC)c2c3cc(ccc31)-c1csc(n1)C[C@H](NC(=O)[C@H](C(C)C)N(C)C(=O)N1CCC3(COC3)C1)C(=O)N1CCC[C@@](O)(N1)C(=O)OCC(C)(C)C2. The number of hydrazine groups is 1. The fourth-order valence-electron chi connectivity index (χ4n) is 9.85. The summed E-state index contributed by atoms with van der Waals surface area (Å²) in [6.07, 6.45) is 3.16. The second-order valence-corrected chi connectivity index (χ2v) is 20.2. The number of nitrogens with zero attached hydrogens (tertiary/aromatic N) is 6. The largest absolute Gasteiger partial charge is 0.462 e. The summed E-state index contributed by atoms with van der Waals surface area (Å²) in [5, 5.41) is 19.6. The van der Waals surface area contributed by atoms with Gasteiger partial charge in [0.1, 0.15) is 12.1 Å². The van der Waals surface area contributed by atoms with Crippen LogP contribution in [0.3, 0.4) is 0 Å². The Morgan fingerprint density at radius 3 is 2.59 bits per heavy atom. The number of nitrogens with one attached hydrogen (secondary N) is 2. The number of likely N-dealkylation sites (tertiary alicyclic amines) is 1. The van der Waals surface area contributed by atoms with Gasteiger partial charge in [-0.3, -0.25) is 19.6 Å². The van der Waals surface area contributed by atoms with E-state index in [4.69, 9.17) is 24.2 Å². The Bertz CT molecular complexity index is 2430. The maximum absolute atomic E-state index is 14.6. The van der Waals surface area contributed by atoms with Crippen LogP contribution in [-0.4, -0.2) is 130 Å². The molecule has 4 aromatic rings. The zero-order valence-corrected chi connectivity index (χ0v) is 39.0. The summed E-state index contributed by atoms with van der Waals surface area (Å²) in [4.78, 5) is 70.0. The number of benzene rings is 1. The van der Waals surface area contributed by atoms with Crippen molar-refractivity contribution in [1.82, 2.24) is 40.1 Å². The molecule has 3 fully saturated rings. The summed E-state index contributed by atoms with van der Waals surface area (Å²) in [5.74, 6) is -2.25. The molecule has 3 saturated heterocycles. The molecule has 64 heavy (non-hydrogen) atoms. The number of pyridine rings is 1. The Morgan fingerprint density at radius 2 is 1.91 bits per heavy atom. The van der Waals surface area contributed by atoms with Crippen LogP contribution in [0.5, 0.6) is 0 Å². The summed E-state index contributed by atoms with van der Waals surface area (Å²) >= 11 is 1.38. The molecule has 4 amide bonds. The molecular weight excluding hydrogens is 837 g/mol. The number of aromatic nitrogens is 3. The molecular formula is C47H62N8O8S. The first-order chi connectivity index (χ1) is 30.5. The standard InChI is InChI=1S/C47H62N8O8S/c1-9-54-36-14-13-30-20-32(36)33(40(54)31-12-10-17-48-38(31)29(4)61-8)22-45(5,6)25-63-43(58)47(60)15-11-18-55(51-47)42(57)34(21-37-49-35(30)23-64-37)50-41(56)39(28(2)3)52(7)44(59)53-19-16-46(24-53)26-62-27-46/h10,12-14,17,20,23,28-29,34,39,51,60H,9,11,15-16,18-19,21-22,24-27H2,1-8H3,(H,50,56)/t29-,34-,39-,47-/m0/s1. The summed E-state index contributed by atoms with van der Waals surface area (Å²) in [5.41, 5.74) is 6.35. The minimum atomic E-state index is -2.21. The van der Waals surface area contributed by atoms with Crippen molar-refractivity contribution >= 4 is 46.1 Å². The lowest BCUT2D eigenvalue weighted by Gasteiger charge is -2.40. The highest BCUT2D eigenvalue weighted by atomic mass is 32.1. The van der Waals surface area contributed by atoms with E-state index < -0.39 is 41.0 Å². The average molecular weight is 899 g/mol. The van der Waals surface area contributed by atoms with Crippen molar-refractivity contribution in [3.05, 3.63) is 58.2 Å². The van der Waals surface area contributed by atoms with Crippen molar-refractivity contribution in [3.8, 4) is 22.5 Å². The van der Waals surface area contributed by atoms with Crippen LogP contribution in [0.1, 0.15) is 83.2 Å². The van der Waals surface area contributed by atoms with E-state index in [9.17, 15) is 24.3 Å². The molecule has 0 unspecified atom stereocenters. The number of aryl methyl sites for hydroxylation is 1. The van der Waals surface area contributed by atoms with E-state index in [0.29, 0.717) is 44.3 Å². The Kier molecular flexibility index (Phi) is 12.7. The molecule has 1 spiro atoms. The predicted molar refractivity (Wildman–Crippen MR) is 242 cm³/mol. The van der Waals surface area contributed by atoms with E-state index in [-0.39, 0.29) is 55.9 Å². The maximum Gasteiger partial charge on any atom is 0.355 e. The van der Waals surface area contributed by atoms with E-state index in [1.54, 1.807) is 25.3 Å². The van der Waals surface area contributed by atoms with E-state index in [1.165, 1.54) is 21.2 Å². The van der Waals surface area contributed by atoms with E-state index in [1.807, 2.05) is 46.1 Å². The van der Waals surface area contributed by atoms with Crippen molar-refractivity contribution in [1.29, 1.82) is 0 Å². The zero-order chi connectivity index (χ0) is 45.7. The Hall–Kier alpha value is -4.94. The molecule has 0 aliphatic carbocycles. The van der Waals surface area contributed by atoms with Gasteiger partial charge in [0, 0.05) is 97.6 Å². The van der Waals surface area contributed by atoms with Crippen LogP contribution in [0.4, 0.5) is 4.79 Å². The maximum atomic E-state index is 14.6. The number of likely N-dealkylation sites (N-methyl/N-ethyl adjacent to an activating group) is 1. The lowest BCUT2D eigenvalue weighted by Crippen LogP contribution is -2.67. The number of aliphatic hydroxyl groups is 1. The molecule has 16 nitrogen and oxygen atoms in total. The average Bonchev–Trinajstić information content (AvgIpc) is 4.01. The van der Waals surface area contributed by atoms with Gasteiger partial charge < -0.3 is 39.0 Å². The summed E-state index contributed by atoms with van der Waals surface area (Å²) in [7, 11) is 3.30. The number of esters is 1. The molecule has 4 aliphatic heterocycles. The highest BCUT2D eigenvalue weighted by Crippen LogP contribution is 2.42. The number of rotatable bonds is 8. The molecule has 344 valence electrons. The van der Waals surface area contributed by atoms with Crippen LogP contribution in [0.25, 0.3) is 33.4 Å². The molecule has 6 bridgehead atoms. The van der Waals surface area contributed by atoms with Crippen molar-refractivity contribution < 1.29 is 38.5 Å². The van der Waals surface area contributed by atoms with Crippen molar-refractivity contribution in [3.63, 3.8) is 0 Å². The van der Waals surface area contributed by atoms with Gasteiger partial charge in [-0.05, 0) is 68.9 Å². The van der Waals surface area contributed by atoms with Crippen molar-refractivity contribution in [2.45, 2.75) is 104 Å². The molecule has 4 atom stereocenters. The number of hydrogen-bond donors (Lipinski definition) is 3. The van der Waals surface area contributed by atoms with Crippen molar-refractivity contribution in [2.75, 3.05) is 53.6 Å². The van der Waals surface area contributed by atoms with Gasteiger partial charge in [0.05, 0.1) is 48.0 Å². The van der Waals surface area contributed by atoms with Crippen LogP contribution < -0.4 is 10.7 Å². The predicted octanol–water partition coefficient (Wildman–Crippen LogP) is 5.32. The first kappa shape index (κ1) is 45.6. The van der Waals surface area contributed by atoms with Gasteiger partial charge in [-0.1, -0.05) is 33.8 Å². The summed E-state index contributed by atoms with van der Waals surface area (Å²) in [6, 6.07) is 7.98. The molecule has 3 aromatic heterocycles. The monoisotopic (exact) mass is 898 g/mol. The molecule has 0 radical (unpaired) electrons. The lowest BCUT2D eigenvalue weighted by atomic mass is 9.84. The van der Waals surface area contributed by atoms with E-state index >= 15 is 0 Å². The Balaban J connectivity index is 1.18. The first-order valence-corrected chi connectivity index (χ1v) is 23.3. The van der Waals surface area contributed by atoms with Crippen LogP contribution in [0.15, 0.2) is 41.9 Å².